The van der Waals surface area contributed by atoms with Crippen LogP contribution < -0.4 is 15.0 Å². The topological polar surface area (TPSA) is 41.6 Å². The van der Waals surface area contributed by atoms with Gasteiger partial charge in [0.05, 0.1) is 0 Å². The van der Waals surface area contributed by atoms with Gasteiger partial charge < -0.3 is 15.0 Å². The lowest BCUT2D eigenvalue weighted by atomic mass is 10.1. The highest BCUT2D eigenvalue weighted by Gasteiger charge is 2.11. The van der Waals surface area contributed by atoms with Crippen molar-refractivity contribution >= 4 is 11.6 Å². The minimum Gasteiger partial charge on any atom is -0.434 e. The number of ether oxygens (including phenoxy) is 1. The van der Waals surface area contributed by atoms with Crippen molar-refractivity contribution in [1.29, 1.82) is 0 Å². The molecular formula is C17H18F2N2O2. The van der Waals surface area contributed by atoms with Crippen molar-refractivity contribution in [3.05, 3.63) is 59.7 Å². The quantitative estimate of drug-likeness (QED) is 0.888. The van der Waals surface area contributed by atoms with E-state index >= 15 is 0 Å². The molecule has 0 bridgehead atoms. The third-order valence-corrected chi connectivity index (χ3v) is 3.25. The maximum atomic E-state index is 12.4. The maximum Gasteiger partial charge on any atom is 0.387 e. The van der Waals surface area contributed by atoms with E-state index in [1.807, 2.05) is 25.1 Å². The molecule has 0 atom stereocenters. The minimum atomic E-state index is -2.90. The van der Waals surface area contributed by atoms with E-state index in [1.165, 1.54) is 6.07 Å². The molecule has 2 rings (SSSR count). The Balaban J connectivity index is 2.06. The van der Waals surface area contributed by atoms with Gasteiger partial charge in [0.2, 0.25) is 0 Å². The van der Waals surface area contributed by atoms with E-state index in [1.54, 1.807) is 36.4 Å². The predicted octanol–water partition coefficient (Wildman–Crippen LogP) is 3.28. The van der Waals surface area contributed by atoms with Gasteiger partial charge in [-0.2, -0.15) is 8.78 Å². The average Bonchev–Trinajstić information content (AvgIpc) is 2.53. The molecule has 6 heteroatoms. The highest BCUT2D eigenvalue weighted by atomic mass is 19.3. The van der Waals surface area contributed by atoms with Gasteiger partial charge in [0, 0.05) is 37.5 Å². The average molecular weight is 320 g/mol. The van der Waals surface area contributed by atoms with Crippen LogP contribution in [-0.2, 0) is 6.54 Å². The van der Waals surface area contributed by atoms with Gasteiger partial charge in [-0.25, -0.2) is 0 Å². The Labute approximate surface area is 133 Å². The first-order valence-electron chi connectivity index (χ1n) is 7.05. The third kappa shape index (κ3) is 4.67. The second-order valence-corrected chi connectivity index (χ2v) is 5.11. The molecule has 0 aliphatic heterocycles. The highest BCUT2D eigenvalue weighted by molar-refractivity contribution is 5.95. The van der Waals surface area contributed by atoms with E-state index in [4.69, 9.17) is 0 Å². The Hall–Kier alpha value is -2.63. The molecule has 0 radical (unpaired) electrons. The maximum absolute atomic E-state index is 12.4. The molecule has 0 aliphatic rings. The number of nitrogens with zero attached hydrogens (tertiary/aromatic N) is 1. The number of carbonyl (C=O) groups excluding carboxylic acids is 1. The van der Waals surface area contributed by atoms with Gasteiger partial charge in [-0.15, -0.1) is 0 Å². The van der Waals surface area contributed by atoms with Gasteiger partial charge in [-0.05, 0) is 24.3 Å². The number of benzene rings is 2. The number of amides is 1. The number of halogens is 2. The van der Waals surface area contributed by atoms with E-state index in [0.29, 0.717) is 11.1 Å². The lowest BCUT2D eigenvalue weighted by Gasteiger charge is -2.14. The molecule has 0 aliphatic carbocycles. The highest BCUT2D eigenvalue weighted by Crippen LogP contribution is 2.20. The molecule has 2 aromatic carbocycles. The van der Waals surface area contributed by atoms with Crippen LogP contribution in [0.1, 0.15) is 15.9 Å². The van der Waals surface area contributed by atoms with Crippen LogP contribution in [0.25, 0.3) is 0 Å². The number of para-hydroxylation sites is 1. The summed E-state index contributed by atoms with van der Waals surface area (Å²) in [6, 6.07) is 13.5. The molecule has 0 spiro atoms. The summed E-state index contributed by atoms with van der Waals surface area (Å²) in [6.45, 7) is -2.79. The first kappa shape index (κ1) is 16.7. The van der Waals surface area contributed by atoms with Gasteiger partial charge in [0.25, 0.3) is 5.91 Å². The van der Waals surface area contributed by atoms with Crippen LogP contribution in [-0.4, -0.2) is 26.6 Å². The molecular weight excluding hydrogens is 302 g/mol. The van der Waals surface area contributed by atoms with Crippen LogP contribution >= 0.6 is 0 Å². The second kappa shape index (κ2) is 7.58. The van der Waals surface area contributed by atoms with Crippen LogP contribution in [0.15, 0.2) is 48.5 Å². The summed E-state index contributed by atoms with van der Waals surface area (Å²) in [6.07, 6.45) is 0. The van der Waals surface area contributed by atoms with E-state index in [-0.39, 0.29) is 18.2 Å². The largest absolute Gasteiger partial charge is 0.434 e. The predicted molar refractivity (Wildman–Crippen MR) is 85.0 cm³/mol. The molecule has 1 amide bonds. The molecule has 0 saturated heterocycles. The summed E-state index contributed by atoms with van der Waals surface area (Å²) in [5.74, 6) is -0.217. The molecule has 0 saturated carbocycles. The van der Waals surface area contributed by atoms with E-state index in [9.17, 15) is 13.6 Å². The molecule has 0 aromatic heterocycles. The van der Waals surface area contributed by atoms with Crippen molar-refractivity contribution in [2.24, 2.45) is 0 Å². The fourth-order valence-corrected chi connectivity index (χ4v) is 2.06. The van der Waals surface area contributed by atoms with Crippen molar-refractivity contribution in [2.45, 2.75) is 13.2 Å². The number of anilines is 1. The van der Waals surface area contributed by atoms with Crippen LogP contribution in [0, 0.1) is 0 Å². The smallest absolute Gasteiger partial charge is 0.387 e. The number of hydrogen-bond donors (Lipinski definition) is 1. The zero-order valence-corrected chi connectivity index (χ0v) is 12.9. The molecule has 122 valence electrons. The van der Waals surface area contributed by atoms with Gasteiger partial charge in [0.1, 0.15) is 5.75 Å². The van der Waals surface area contributed by atoms with Crippen molar-refractivity contribution in [1.82, 2.24) is 5.32 Å². The van der Waals surface area contributed by atoms with Crippen molar-refractivity contribution in [2.75, 3.05) is 19.0 Å². The van der Waals surface area contributed by atoms with E-state index in [0.717, 1.165) is 5.69 Å². The normalized spacial score (nSPS) is 10.5. The Morgan fingerprint density at radius 2 is 1.91 bits per heavy atom. The van der Waals surface area contributed by atoms with Gasteiger partial charge >= 0.3 is 6.61 Å². The third-order valence-electron chi connectivity index (χ3n) is 3.25. The van der Waals surface area contributed by atoms with E-state index < -0.39 is 6.61 Å². The zero-order valence-electron chi connectivity index (χ0n) is 12.9. The summed E-state index contributed by atoms with van der Waals surface area (Å²) >= 11 is 0. The fourth-order valence-electron chi connectivity index (χ4n) is 2.06. The van der Waals surface area contributed by atoms with Crippen LogP contribution in [0.2, 0.25) is 0 Å². The van der Waals surface area contributed by atoms with Gasteiger partial charge in [-0.3, -0.25) is 4.79 Å². The van der Waals surface area contributed by atoms with Crippen molar-refractivity contribution < 1.29 is 18.3 Å². The van der Waals surface area contributed by atoms with Crippen LogP contribution in [0.3, 0.4) is 0 Å². The monoisotopic (exact) mass is 320 g/mol. The van der Waals surface area contributed by atoms with Crippen LogP contribution in [0.5, 0.6) is 5.75 Å². The number of nitrogens with one attached hydrogen (secondary N) is 1. The molecule has 0 heterocycles. The molecule has 2 aromatic rings. The molecule has 1 N–H and O–H groups in total. The second-order valence-electron chi connectivity index (χ2n) is 5.11. The minimum absolute atomic E-state index is 0.0600. The lowest BCUT2D eigenvalue weighted by Crippen LogP contribution is -2.23. The van der Waals surface area contributed by atoms with Crippen molar-refractivity contribution in [3.63, 3.8) is 0 Å². The zero-order chi connectivity index (χ0) is 16.8. The van der Waals surface area contributed by atoms with Crippen LogP contribution in [0.4, 0.5) is 14.5 Å². The molecule has 0 unspecified atom stereocenters. The fraction of sp³-hybridized carbons (Fsp3) is 0.235. The van der Waals surface area contributed by atoms with E-state index in [2.05, 4.69) is 10.1 Å². The van der Waals surface area contributed by atoms with Crippen molar-refractivity contribution in [3.8, 4) is 5.75 Å². The lowest BCUT2D eigenvalue weighted by molar-refractivity contribution is -0.0504. The Morgan fingerprint density at radius 3 is 2.61 bits per heavy atom. The SMILES string of the molecule is CN(C)c1cccc(C(=O)NCc2ccccc2OC(F)F)c1. The van der Waals surface area contributed by atoms with Gasteiger partial charge in [0.15, 0.2) is 0 Å². The Morgan fingerprint density at radius 1 is 1.17 bits per heavy atom. The number of alkyl halides is 2. The molecule has 4 nitrogen and oxygen atoms in total. The summed E-state index contributed by atoms with van der Waals surface area (Å²) in [7, 11) is 3.77. The number of rotatable bonds is 6. The number of carbonyl (C=O) groups is 1. The summed E-state index contributed by atoms with van der Waals surface area (Å²) in [5.41, 5.74) is 1.90. The Kier molecular flexibility index (Phi) is 5.51. The van der Waals surface area contributed by atoms with Gasteiger partial charge in [-0.1, -0.05) is 24.3 Å². The summed E-state index contributed by atoms with van der Waals surface area (Å²) < 4.78 is 29.2. The summed E-state index contributed by atoms with van der Waals surface area (Å²) in [4.78, 5) is 14.1. The standard InChI is InChI=1S/C17H18F2N2O2/c1-21(2)14-8-5-7-12(10-14)16(22)20-11-13-6-3-4-9-15(13)23-17(18)19/h3-10,17H,11H2,1-2H3,(H,20,22). The first-order valence-corrected chi connectivity index (χ1v) is 7.05. The first-order chi connectivity index (χ1) is 11.0. The number of hydrogen-bond acceptors (Lipinski definition) is 3. The Bertz CT molecular complexity index is 675. The molecule has 0 fully saturated rings. The molecule has 23 heavy (non-hydrogen) atoms. The summed E-state index contributed by atoms with van der Waals surface area (Å²) in [5, 5.41) is 2.71.